The maximum atomic E-state index is 12.0. The second kappa shape index (κ2) is 8.58. The van der Waals surface area contributed by atoms with Crippen molar-refractivity contribution in [2.45, 2.75) is 13.2 Å². The van der Waals surface area contributed by atoms with Crippen molar-refractivity contribution in [3.8, 4) is 0 Å². The van der Waals surface area contributed by atoms with Gasteiger partial charge in [-0.05, 0) is 39.2 Å². The van der Waals surface area contributed by atoms with Gasteiger partial charge in [-0.25, -0.2) is 4.79 Å². The first-order valence-electron chi connectivity index (χ1n) is 7.66. The molecule has 0 bridgehead atoms. The Morgan fingerprint density at radius 3 is 2.62 bits per heavy atom. The molecule has 1 amide bonds. The molecule has 0 aliphatic rings. The standard InChI is InChI=1S/C18H14BrCl2N3O2/c19-14-10-24(9-13-6-7-15(20)16(21)8-13)23-17(14)22-18(25)26-11-12-4-2-1-3-5-12/h1-8,10H,9,11H2,(H,22,23,25). The number of aromatic nitrogens is 2. The van der Waals surface area contributed by atoms with Gasteiger partial charge in [0.25, 0.3) is 0 Å². The van der Waals surface area contributed by atoms with Crippen molar-refractivity contribution in [1.29, 1.82) is 0 Å². The molecule has 2 aromatic carbocycles. The summed E-state index contributed by atoms with van der Waals surface area (Å²) >= 11 is 15.3. The van der Waals surface area contributed by atoms with Crippen LogP contribution < -0.4 is 5.32 Å². The Morgan fingerprint density at radius 2 is 1.88 bits per heavy atom. The highest BCUT2D eigenvalue weighted by atomic mass is 79.9. The van der Waals surface area contributed by atoms with Crippen molar-refractivity contribution >= 4 is 51.0 Å². The van der Waals surface area contributed by atoms with Crippen LogP contribution in [0, 0.1) is 0 Å². The summed E-state index contributed by atoms with van der Waals surface area (Å²) in [6, 6.07) is 14.8. The molecule has 0 saturated heterocycles. The maximum Gasteiger partial charge on any atom is 0.413 e. The zero-order valence-electron chi connectivity index (χ0n) is 13.5. The Bertz CT molecular complexity index is 916. The number of rotatable bonds is 5. The lowest BCUT2D eigenvalue weighted by atomic mass is 10.2. The summed E-state index contributed by atoms with van der Waals surface area (Å²) in [6.45, 7) is 0.671. The maximum absolute atomic E-state index is 12.0. The van der Waals surface area contributed by atoms with Crippen LogP contribution in [0.5, 0.6) is 0 Å². The van der Waals surface area contributed by atoms with Gasteiger partial charge in [0.15, 0.2) is 5.82 Å². The molecule has 1 aromatic heterocycles. The summed E-state index contributed by atoms with van der Waals surface area (Å²) in [4.78, 5) is 12.0. The van der Waals surface area contributed by atoms with Gasteiger partial charge in [-0.2, -0.15) is 5.10 Å². The number of amides is 1. The minimum atomic E-state index is -0.575. The highest BCUT2D eigenvalue weighted by Crippen LogP contribution is 2.24. The number of halogens is 3. The van der Waals surface area contributed by atoms with Gasteiger partial charge in [0.2, 0.25) is 0 Å². The van der Waals surface area contributed by atoms with Crippen molar-refractivity contribution in [3.63, 3.8) is 0 Å². The van der Waals surface area contributed by atoms with E-state index < -0.39 is 6.09 Å². The van der Waals surface area contributed by atoms with E-state index in [1.165, 1.54) is 0 Å². The Morgan fingerprint density at radius 1 is 1.12 bits per heavy atom. The van der Waals surface area contributed by atoms with Gasteiger partial charge in [-0.1, -0.05) is 59.6 Å². The molecule has 1 heterocycles. The van der Waals surface area contributed by atoms with E-state index in [2.05, 4.69) is 26.3 Å². The van der Waals surface area contributed by atoms with Crippen LogP contribution in [0.3, 0.4) is 0 Å². The first-order valence-corrected chi connectivity index (χ1v) is 9.21. The lowest BCUT2D eigenvalue weighted by Gasteiger charge is -2.06. The zero-order valence-corrected chi connectivity index (χ0v) is 16.6. The van der Waals surface area contributed by atoms with Crippen LogP contribution in [0.1, 0.15) is 11.1 Å². The summed E-state index contributed by atoms with van der Waals surface area (Å²) in [7, 11) is 0. The van der Waals surface area contributed by atoms with Crippen molar-refractivity contribution in [2.75, 3.05) is 5.32 Å². The van der Waals surface area contributed by atoms with Gasteiger partial charge in [-0.15, -0.1) is 0 Å². The third kappa shape index (κ3) is 5.00. The molecule has 0 aliphatic carbocycles. The molecule has 0 spiro atoms. The number of benzene rings is 2. The Hall–Kier alpha value is -2.02. The van der Waals surface area contributed by atoms with Crippen LogP contribution in [-0.4, -0.2) is 15.9 Å². The van der Waals surface area contributed by atoms with Gasteiger partial charge in [0, 0.05) is 6.20 Å². The van der Waals surface area contributed by atoms with Crippen LogP contribution in [0.15, 0.2) is 59.2 Å². The van der Waals surface area contributed by atoms with Gasteiger partial charge in [0.05, 0.1) is 21.1 Å². The predicted molar refractivity (Wildman–Crippen MR) is 106 cm³/mol. The normalized spacial score (nSPS) is 10.6. The van der Waals surface area contributed by atoms with Crippen molar-refractivity contribution < 1.29 is 9.53 Å². The molecule has 3 rings (SSSR count). The quantitative estimate of drug-likeness (QED) is 0.533. The molecule has 134 valence electrons. The van der Waals surface area contributed by atoms with E-state index in [1.807, 2.05) is 36.4 Å². The Labute approximate surface area is 169 Å². The molecule has 0 unspecified atom stereocenters. The summed E-state index contributed by atoms with van der Waals surface area (Å²) in [5.74, 6) is 0.378. The topological polar surface area (TPSA) is 56.2 Å². The fourth-order valence-corrected chi connectivity index (χ4v) is 2.98. The zero-order chi connectivity index (χ0) is 18.5. The fraction of sp³-hybridized carbons (Fsp3) is 0.111. The average molecular weight is 455 g/mol. The average Bonchev–Trinajstić information content (AvgIpc) is 2.96. The van der Waals surface area contributed by atoms with E-state index in [1.54, 1.807) is 23.0 Å². The SMILES string of the molecule is O=C(Nc1nn(Cc2ccc(Cl)c(Cl)c2)cc1Br)OCc1ccccc1. The lowest BCUT2D eigenvalue weighted by Crippen LogP contribution is -2.14. The lowest BCUT2D eigenvalue weighted by molar-refractivity contribution is 0.155. The van der Waals surface area contributed by atoms with Gasteiger partial charge in [-0.3, -0.25) is 10.00 Å². The molecule has 0 atom stereocenters. The molecule has 8 heteroatoms. The fourth-order valence-electron chi connectivity index (χ4n) is 2.24. The van der Waals surface area contributed by atoms with E-state index in [4.69, 9.17) is 27.9 Å². The van der Waals surface area contributed by atoms with E-state index in [9.17, 15) is 4.79 Å². The van der Waals surface area contributed by atoms with E-state index in [0.29, 0.717) is 26.9 Å². The molecule has 5 nitrogen and oxygen atoms in total. The largest absolute Gasteiger partial charge is 0.444 e. The van der Waals surface area contributed by atoms with E-state index in [0.717, 1.165) is 11.1 Å². The van der Waals surface area contributed by atoms with Crippen molar-refractivity contribution in [3.05, 3.63) is 80.4 Å². The second-order valence-corrected chi connectivity index (χ2v) is 7.13. The van der Waals surface area contributed by atoms with E-state index >= 15 is 0 Å². The minimum absolute atomic E-state index is 0.189. The van der Waals surface area contributed by atoms with Crippen molar-refractivity contribution in [2.24, 2.45) is 0 Å². The van der Waals surface area contributed by atoms with Crippen LogP contribution in [0.4, 0.5) is 10.6 Å². The molecular weight excluding hydrogens is 441 g/mol. The van der Waals surface area contributed by atoms with Crippen molar-refractivity contribution in [1.82, 2.24) is 9.78 Å². The third-order valence-corrected chi connectivity index (χ3v) is 4.80. The number of carbonyl (C=O) groups excluding carboxylic acids is 1. The molecule has 26 heavy (non-hydrogen) atoms. The summed E-state index contributed by atoms with van der Waals surface area (Å²) in [5.41, 5.74) is 1.85. The van der Waals surface area contributed by atoms with Crippen LogP contribution >= 0.6 is 39.1 Å². The Kier molecular flexibility index (Phi) is 6.19. The summed E-state index contributed by atoms with van der Waals surface area (Å²) in [6.07, 6.45) is 1.18. The highest BCUT2D eigenvalue weighted by Gasteiger charge is 2.12. The number of anilines is 1. The number of ether oxygens (including phenoxy) is 1. The van der Waals surface area contributed by atoms with E-state index in [-0.39, 0.29) is 6.61 Å². The number of carbonyl (C=O) groups is 1. The molecule has 0 fully saturated rings. The second-order valence-electron chi connectivity index (χ2n) is 5.46. The number of nitrogens with zero attached hydrogens (tertiary/aromatic N) is 2. The first kappa shape index (κ1) is 18.8. The van der Waals surface area contributed by atoms with Crippen LogP contribution in [0.2, 0.25) is 10.0 Å². The molecule has 0 radical (unpaired) electrons. The summed E-state index contributed by atoms with van der Waals surface area (Å²) in [5, 5.41) is 7.94. The van der Waals surface area contributed by atoms with Gasteiger partial charge < -0.3 is 4.74 Å². The highest BCUT2D eigenvalue weighted by molar-refractivity contribution is 9.10. The molecule has 3 aromatic rings. The summed E-state index contributed by atoms with van der Waals surface area (Å²) < 4.78 is 7.52. The molecule has 0 saturated carbocycles. The minimum Gasteiger partial charge on any atom is -0.444 e. The van der Waals surface area contributed by atoms with Gasteiger partial charge in [0.1, 0.15) is 6.61 Å². The first-order chi connectivity index (χ1) is 12.5. The number of hydrogen-bond donors (Lipinski definition) is 1. The third-order valence-electron chi connectivity index (χ3n) is 3.48. The smallest absolute Gasteiger partial charge is 0.413 e. The molecular formula is C18H14BrCl2N3O2. The number of hydrogen-bond acceptors (Lipinski definition) is 3. The van der Waals surface area contributed by atoms with Crippen LogP contribution in [-0.2, 0) is 17.9 Å². The number of nitrogens with one attached hydrogen (secondary N) is 1. The predicted octanol–water partition coefficient (Wildman–Crippen LogP) is 5.75. The van der Waals surface area contributed by atoms with Gasteiger partial charge >= 0.3 is 6.09 Å². The Balaban J connectivity index is 1.60. The monoisotopic (exact) mass is 453 g/mol. The molecule has 0 aliphatic heterocycles. The molecule has 1 N–H and O–H groups in total. The van der Waals surface area contributed by atoms with Crippen LogP contribution in [0.25, 0.3) is 0 Å².